The van der Waals surface area contributed by atoms with Crippen LogP contribution in [-0.4, -0.2) is 17.4 Å². The zero-order chi connectivity index (χ0) is 11.5. The molecule has 0 saturated heterocycles. The standard InChI is InChI=1S/C12H26N2O/c1-4-6-7-8-9-10-11-13-14(15)12(3)5-2/h12H,4-11H2,1-3H3. The van der Waals surface area contributed by atoms with E-state index in [1.165, 1.54) is 32.1 Å². The van der Waals surface area contributed by atoms with Crippen molar-refractivity contribution in [3.05, 3.63) is 5.21 Å². The van der Waals surface area contributed by atoms with Crippen LogP contribution in [-0.2, 0) is 0 Å². The minimum atomic E-state index is 0.0325. The second-order valence-electron chi connectivity index (χ2n) is 4.19. The SMILES string of the molecule is CCCCCCCCN=[N+]([O-])C(C)CC. The predicted molar refractivity (Wildman–Crippen MR) is 64.1 cm³/mol. The van der Waals surface area contributed by atoms with Gasteiger partial charge in [-0.3, -0.25) is 0 Å². The number of unbranched alkanes of at least 4 members (excludes halogenated alkanes) is 5. The number of azo groups is 1. The molecule has 3 heteroatoms. The maximum absolute atomic E-state index is 11.3. The molecule has 3 nitrogen and oxygen atoms in total. The van der Waals surface area contributed by atoms with Crippen molar-refractivity contribution in [2.75, 3.05) is 6.54 Å². The van der Waals surface area contributed by atoms with Crippen molar-refractivity contribution in [1.29, 1.82) is 0 Å². The van der Waals surface area contributed by atoms with Gasteiger partial charge in [0.1, 0.15) is 6.54 Å². The van der Waals surface area contributed by atoms with E-state index in [9.17, 15) is 5.21 Å². The highest BCUT2D eigenvalue weighted by Gasteiger charge is 2.05. The molecule has 1 atom stereocenters. The molecular weight excluding hydrogens is 188 g/mol. The van der Waals surface area contributed by atoms with E-state index in [2.05, 4.69) is 12.0 Å². The lowest BCUT2D eigenvalue weighted by Crippen LogP contribution is -2.15. The second kappa shape index (κ2) is 9.94. The van der Waals surface area contributed by atoms with Crippen LogP contribution >= 0.6 is 0 Å². The Kier molecular flexibility index (Phi) is 9.54. The summed E-state index contributed by atoms with van der Waals surface area (Å²) in [6.07, 6.45) is 8.35. The fourth-order valence-corrected chi connectivity index (χ4v) is 1.36. The summed E-state index contributed by atoms with van der Waals surface area (Å²) in [5.74, 6) is 0. The first kappa shape index (κ1) is 14.4. The van der Waals surface area contributed by atoms with E-state index in [4.69, 9.17) is 0 Å². The van der Waals surface area contributed by atoms with Crippen molar-refractivity contribution in [2.45, 2.75) is 71.8 Å². The van der Waals surface area contributed by atoms with Gasteiger partial charge in [0.05, 0.1) is 0 Å². The smallest absolute Gasteiger partial charge is 0.186 e. The van der Waals surface area contributed by atoms with Crippen LogP contribution in [0.15, 0.2) is 5.11 Å². The van der Waals surface area contributed by atoms with E-state index < -0.39 is 0 Å². The van der Waals surface area contributed by atoms with Crippen molar-refractivity contribution in [3.63, 3.8) is 0 Å². The highest BCUT2D eigenvalue weighted by Crippen LogP contribution is 2.05. The Morgan fingerprint density at radius 1 is 1.07 bits per heavy atom. The maximum atomic E-state index is 11.3. The average molecular weight is 214 g/mol. The van der Waals surface area contributed by atoms with Gasteiger partial charge in [-0.25, -0.2) is 0 Å². The Bertz CT molecular complexity index is 169. The second-order valence-corrected chi connectivity index (χ2v) is 4.19. The van der Waals surface area contributed by atoms with Gasteiger partial charge in [-0.15, -0.1) is 0 Å². The zero-order valence-electron chi connectivity index (χ0n) is 10.5. The first-order valence-electron chi connectivity index (χ1n) is 6.36. The van der Waals surface area contributed by atoms with Crippen molar-refractivity contribution >= 4 is 0 Å². The minimum absolute atomic E-state index is 0.0325. The van der Waals surface area contributed by atoms with Gasteiger partial charge < -0.3 is 5.21 Å². The van der Waals surface area contributed by atoms with Gasteiger partial charge in [-0.2, -0.15) is 0 Å². The van der Waals surface area contributed by atoms with Crippen LogP contribution < -0.4 is 0 Å². The molecule has 0 aliphatic heterocycles. The number of nitrogens with zero attached hydrogens (tertiary/aromatic N) is 2. The summed E-state index contributed by atoms with van der Waals surface area (Å²) < 4.78 is 0. The Morgan fingerprint density at radius 2 is 1.67 bits per heavy atom. The summed E-state index contributed by atoms with van der Waals surface area (Å²) in [6.45, 7) is 6.84. The van der Waals surface area contributed by atoms with E-state index in [1.807, 2.05) is 13.8 Å². The fraction of sp³-hybridized carbons (Fsp3) is 1.00. The van der Waals surface area contributed by atoms with Crippen molar-refractivity contribution < 1.29 is 4.86 Å². The van der Waals surface area contributed by atoms with E-state index >= 15 is 0 Å². The monoisotopic (exact) mass is 214 g/mol. The summed E-state index contributed by atoms with van der Waals surface area (Å²) >= 11 is 0. The highest BCUT2D eigenvalue weighted by molar-refractivity contribution is 4.45. The van der Waals surface area contributed by atoms with E-state index in [-0.39, 0.29) is 6.04 Å². The van der Waals surface area contributed by atoms with Crippen LogP contribution in [0.5, 0.6) is 0 Å². The van der Waals surface area contributed by atoms with Crippen molar-refractivity contribution in [3.8, 4) is 0 Å². The largest absolute Gasteiger partial charge is 0.600 e. The Morgan fingerprint density at radius 3 is 2.27 bits per heavy atom. The molecule has 0 radical (unpaired) electrons. The molecule has 0 aromatic heterocycles. The first-order chi connectivity index (χ1) is 7.22. The van der Waals surface area contributed by atoms with E-state index in [0.29, 0.717) is 6.54 Å². The van der Waals surface area contributed by atoms with Crippen molar-refractivity contribution in [2.24, 2.45) is 5.11 Å². The minimum Gasteiger partial charge on any atom is -0.600 e. The average Bonchev–Trinajstić information content (AvgIpc) is 2.26. The molecule has 0 aliphatic carbocycles. The maximum Gasteiger partial charge on any atom is 0.186 e. The molecule has 0 spiro atoms. The fourth-order valence-electron chi connectivity index (χ4n) is 1.36. The molecule has 0 aromatic rings. The van der Waals surface area contributed by atoms with Crippen LogP contribution in [0.3, 0.4) is 0 Å². The van der Waals surface area contributed by atoms with Gasteiger partial charge in [0.25, 0.3) is 0 Å². The van der Waals surface area contributed by atoms with Crippen LogP contribution in [0, 0.1) is 5.21 Å². The molecular formula is C12H26N2O. The van der Waals surface area contributed by atoms with E-state index in [0.717, 1.165) is 17.7 Å². The van der Waals surface area contributed by atoms with Gasteiger partial charge in [0.15, 0.2) is 6.04 Å². The zero-order valence-corrected chi connectivity index (χ0v) is 10.5. The van der Waals surface area contributed by atoms with Gasteiger partial charge in [0.2, 0.25) is 0 Å². The predicted octanol–water partition coefficient (Wildman–Crippen LogP) is 4.11. The molecule has 0 heterocycles. The topological polar surface area (TPSA) is 38.4 Å². The molecule has 90 valence electrons. The highest BCUT2D eigenvalue weighted by atomic mass is 16.5. The third-order valence-electron chi connectivity index (χ3n) is 2.72. The lowest BCUT2D eigenvalue weighted by Gasteiger charge is -2.06. The quantitative estimate of drug-likeness (QED) is 0.246. The third-order valence-corrected chi connectivity index (χ3v) is 2.72. The lowest BCUT2D eigenvalue weighted by atomic mass is 10.1. The molecule has 0 saturated carbocycles. The Balaban J connectivity index is 3.36. The number of hydrogen-bond donors (Lipinski definition) is 0. The van der Waals surface area contributed by atoms with Crippen molar-refractivity contribution in [1.82, 2.24) is 0 Å². The van der Waals surface area contributed by atoms with Crippen LogP contribution in [0.4, 0.5) is 0 Å². The molecule has 15 heavy (non-hydrogen) atoms. The first-order valence-corrected chi connectivity index (χ1v) is 6.36. The molecule has 0 aliphatic rings. The summed E-state index contributed by atoms with van der Waals surface area (Å²) in [7, 11) is 0. The number of hydrogen-bond acceptors (Lipinski definition) is 2. The van der Waals surface area contributed by atoms with E-state index in [1.54, 1.807) is 0 Å². The van der Waals surface area contributed by atoms with Crippen LogP contribution in [0.1, 0.15) is 65.7 Å². The lowest BCUT2D eigenvalue weighted by molar-refractivity contribution is -0.565. The normalized spacial score (nSPS) is 14.2. The van der Waals surface area contributed by atoms with Gasteiger partial charge in [-0.05, 0) is 11.5 Å². The summed E-state index contributed by atoms with van der Waals surface area (Å²) in [5.41, 5.74) is 0. The van der Waals surface area contributed by atoms with Crippen LogP contribution in [0.25, 0.3) is 0 Å². The van der Waals surface area contributed by atoms with Gasteiger partial charge >= 0.3 is 0 Å². The van der Waals surface area contributed by atoms with Gasteiger partial charge in [-0.1, -0.05) is 50.8 Å². The number of rotatable bonds is 9. The molecule has 0 fully saturated rings. The summed E-state index contributed by atoms with van der Waals surface area (Å²) in [5, 5.41) is 15.2. The van der Waals surface area contributed by atoms with Crippen LogP contribution in [0.2, 0.25) is 0 Å². The molecule has 0 aromatic carbocycles. The number of hydroxylamine groups is 1. The van der Waals surface area contributed by atoms with Gasteiger partial charge in [0, 0.05) is 13.3 Å². The summed E-state index contributed by atoms with van der Waals surface area (Å²) in [4.78, 5) is 0.867. The third kappa shape index (κ3) is 8.40. The summed E-state index contributed by atoms with van der Waals surface area (Å²) in [6, 6.07) is 0.0325. The Labute approximate surface area is 94.2 Å². The molecule has 0 bridgehead atoms. The molecule has 0 amide bonds. The molecule has 0 rings (SSSR count). The molecule has 0 N–H and O–H groups in total. The molecule has 1 unspecified atom stereocenters. The Hall–Kier alpha value is -0.600.